The molecule has 1 fully saturated rings. The van der Waals surface area contributed by atoms with Crippen LogP contribution in [0.1, 0.15) is 25.2 Å². The Kier molecular flexibility index (Phi) is 5.27. The number of ether oxygens (including phenoxy) is 3. The molecule has 154 valence electrons. The fourth-order valence-corrected chi connectivity index (χ4v) is 2.42. The van der Waals surface area contributed by atoms with Gasteiger partial charge in [0.2, 0.25) is 0 Å². The lowest BCUT2D eigenvalue weighted by molar-refractivity contribution is -0.222. The Morgan fingerprint density at radius 2 is 1.83 bits per heavy atom. The molecule has 0 radical (unpaired) electrons. The molecule has 0 spiro atoms. The first-order chi connectivity index (χ1) is 13.5. The van der Waals surface area contributed by atoms with E-state index in [9.17, 15) is 22.8 Å². The molecule has 0 bridgehead atoms. The van der Waals surface area contributed by atoms with Gasteiger partial charge in [-0.3, -0.25) is 0 Å². The van der Waals surface area contributed by atoms with Crippen LogP contribution in [0.25, 0.3) is 0 Å². The number of rotatable bonds is 5. The number of carbonyl (C=O) groups excluding carboxylic acids is 2. The van der Waals surface area contributed by atoms with Crippen LogP contribution in [-0.4, -0.2) is 17.7 Å². The van der Waals surface area contributed by atoms with Crippen molar-refractivity contribution in [3.05, 3.63) is 59.7 Å². The lowest BCUT2D eigenvalue weighted by Gasteiger charge is -2.29. The number of nitrogens with one attached hydrogen (secondary N) is 1. The van der Waals surface area contributed by atoms with Crippen LogP contribution in [0.5, 0.6) is 5.75 Å². The Labute approximate surface area is 163 Å². The van der Waals surface area contributed by atoms with Crippen molar-refractivity contribution < 1.29 is 41.4 Å². The predicted molar refractivity (Wildman–Crippen MR) is 92.5 cm³/mol. The summed E-state index contributed by atoms with van der Waals surface area (Å²) in [5, 5.41) is 2.49. The molecule has 0 unspecified atom stereocenters. The van der Waals surface area contributed by atoms with Gasteiger partial charge in [-0.05, 0) is 30.3 Å². The summed E-state index contributed by atoms with van der Waals surface area (Å²) in [5.41, 5.74) is -1.57. The molecule has 0 atom stereocenters. The summed E-state index contributed by atoms with van der Waals surface area (Å²) in [6.45, 7) is 2.71. The zero-order valence-corrected chi connectivity index (χ0v) is 15.3. The number of furan rings is 1. The third-order valence-corrected chi connectivity index (χ3v) is 3.75. The molecule has 2 aromatic rings. The van der Waals surface area contributed by atoms with Gasteiger partial charge >= 0.3 is 18.1 Å². The molecule has 1 aromatic carbocycles. The third-order valence-electron chi connectivity index (χ3n) is 3.75. The van der Waals surface area contributed by atoms with Gasteiger partial charge in [0.25, 0.3) is 5.79 Å². The topological polar surface area (TPSA) is 87.0 Å². The molecule has 10 heteroatoms. The number of alkyl halides is 3. The molecule has 1 aliphatic heterocycles. The fourth-order valence-electron chi connectivity index (χ4n) is 2.42. The molecule has 3 rings (SSSR count). The van der Waals surface area contributed by atoms with Crippen LogP contribution in [-0.2, 0) is 31.8 Å². The SMILES string of the molecule is CC1(C)OC(=O)C(=CNc2cc(C(F)(F)F)ccc2OCc2ccco2)C(=O)O1. The van der Waals surface area contributed by atoms with Crippen LogP contribution in [0, 0.1) is 0 Å². The standard InChI is InChI=1S/C19H16F3NO6/c1-18(2)28-16(24)13(17(25)29-18)9-23-14-8-11(19(20,21)22)5-6-15(14)27-10-12-4-3-7-26-12/h3-9,23H,10H2,1-2H3. The molecule has 2 heterocycles. The average molecular weight is 411 g/mol. The Morgan fingerprint density at radius 1 is 1.14 bits per heavy atom. The second-order valence-electron chi connectivity index (χ2n) is 6.46. The van der Waals surface area contributed by atoms with Gasteiger partial charge in [-0.1, -0.05) is 0 Å². The summed E-state index contributed by atoms with van der Waals surface area (Å²) in [6, 6.07) is 6.03. The van der Waals surface area contributed by atoms with E-state index in [1.54, 1.807) is 12.1 Å². The predicted octanol–water partition coefficient (Wildman–Crippen LogP) is 4.01. The van der Waals surface area contributed by atoms with Crippen molar-refractivity contribution >= 4 is 17.6 Å². The molecule has 29 heavy (non-hydrogen) atoms. The maximum Gasteiger partial charge on any atom is 0.416 e. The smallest absolute Gasteiger partial charge is 0.416 e. The summed E-state index contributed by atoms with van der Waals surface area (Å²) >= 11 is 0. The Hall–Kier alpha value is -3.43. The molecule has 0 amide bonds. The summed E-state index contributed by atoms with van der Waals surface area (Å²) in [4.78, 5) is 24.0. The van der Waals surface area contributed by atoms with Crippen LogP contribution < -0.4 is 10.1 Å². The summed E-state index contributed by atoms with van der Waals surface area (Å²) in [6.07, 6.45) is -2.26. The molecule has 7 nitrogen and oxygen atoms in total. The lowest BCUT2D eigenvalue weighted by atomic mass is 10.1. The minimum absolute atomic E-state index is 0.0398. The molecule has 0 aliphatic carbocycles. The minimum Gasteiger partial charge on any atom is -0.483 e. The highest BCUT2D eigenvalue weighted by molar-refractivity contribution is 6.15. The first kappa shape index (κ1) is 20.3. The second-order valence-corrected chi connectivity index (χ2v) is 6.46. The maximum absolute atomic E-state index is 13.1. The highest BCUT2D eigenvalue weighted by atomic mass is 19.4. The Balaban J connectivity index is 1.87. The first-order valence-electron chi connectivity index (χ1n) is 8.35. The molecular formula is C19H16F3NO6. The van der Waals surface area contributed by atoms with Crippen LogP contribution in [0.15, 0.2) is 52.8 Å². The molecule has 1 aliphatic rings. The number of carbonyl (C=O) groups is 2. The van der Waals surface area contributed by atoms with Gasteiger partial charge in [-0.15, -0.1) is 0 Å². The van der Waals surface area contributed by atoms with Crippen molar-refractivity contribution in [2.45, 2.75) is 32.4 Å². The largest absolute Gasteiger partial charge is 0.483 e. The quantitative estimate of drug-likeness (QED) is 0.452. The van der Waals surface area contributed by atoms with Crippen molar-refractivity contribution in [3.63, 3.8) is 0 Å². The van der Waals surface area contributed by atoms with Crippen LogP contribution in [0.3, 0.4) is 0 Å². The van der Waals surface area contributed by atoms with E-state index in [-0.39, 0.29) is 18.0 Å². The van der Waals surface area contributed by atoms with E-state index >= 15 is 0 Å². The minimum atomic E-state index is -4.60. The summed E-state index contributed by atoms with van der Waals surface area (Å²) in [5.74, 6) is -2.87. The van der Waals surface area contributed by atoms with Gasteiger partial charge in [0.05, 0.1) is 17.5 Å². The summed E-state index contributed by atoms with van der Waals surface area (Å²) in [7, 11) is 0. The second kappa shape index (κ2) is 7.53. The van der Waals surface area contributed by atoms with Gasteiger partial charge in [-0.2, -0.15) is 13.2 Å². The van der Waals surface area contributed by atoms with Gasteiger partial charge in [-0.25, -0.2) is 9.59 Å². The van der Waals surface area contributed by atoms with Gasteiger partial charge < -0.3 is 23.9 Å². The zero-order chi connectivity index (χ0) is 21.2. The highest BCUT2D eigenvalue weighted by Gasteiger charge is 2.39. The van der Waals surface area contributed by atoms with E-state index < -0.39 is 35.0 Å². The Morgan fingerprint density at radius 3 is 2.41 bits per heavy atom. The fraction of sp³-hybridized carbons (Fsp3) is 0.263. The number of benzene rings is 1. The number of hydrogen-bond donors (Lipinski definition) is 1. The maximum atomic E-state index is 13.1. The molecular weight excluding hydrogens is 395 g/mol. The van der Waals surface area contributed by atoms with E-state index in [1.807, 2.05) is 0 Å². The van der Waals surface area contributed by atoms with Crippen molar-refractivity contribution in [3.8, 4) is 5.75 Å². The van der Waals surface area contributed by atoms with Gasteiger partial charge in [0.1, 0.15) is 18.1 Å². The Bertz CT molecular complexity index is 925. The number of hydrogen-bond acceptors (Lipinski definition) is 7. The van der Waals surface area contributed by atoms with E-state index in [4.69, 9.17) is 18.6 Å². The number of esters is 2. The van der Waals surface area contributed by atoms with E-state index in [0.717, 1.165) is 24.4 Å². The van der Waals surface area contributed by atoms with E-state index in [2.05, 4.69) is 5.32 Å². The summed E-state index contributed by atoms with van der Waals surface area (Å²) < 4.78 is 59.7. The third kappa shape index (κ3) is 4.89. The number of anilines is 1. The monoisotopic (exact) mass is 411 g/mol. The van der Waals surface area contributed by atoms with Crippen molar-refractivity contribution in [1.82, 2.24) is 0 Å². The normalized spacial score (nSPS) is 16.1. The lowest BCUT2D eigenvalue weighted by Crippen LogP contribution is -2.42. The number of halogens is 3. The molecule has 1 aromatic heterocycles. The van der Waals surface area contributed by atoms with Crippen LogP contribution in [0.2, 0.25) is 0 Å². The first-order valence-corrected chi connectivity index (χ1v) is 8.35. The average Bonchev–Trinajstić information content (AvgIpc) is 3.11. The molecule has 1 N–H and O–H groups in total. The zero-order valence-electron chi connectivity index (χ0n) is 15.3. The van der Waals surface area contributed by atoms with Crippen molar-refractivity contribution in [2.24, 2.45) is 0 Å². The van der Waals surface area contributed by atoms with Crippen molar-refractivity contribution in [2.75, 3.05) is 5.32 Å². The molecule has 0 saturated carbocycles. The van der Waals surface area contributed by atoms with E-state index in [0.29, 0.717) is 5.76 Å². The van der Waals surface area contributed by atoms with Gasteiger partial charge in [0.15, 0.2) is 5.57 Å². The van der Waals surface area contributed by atoms with Gasteiger partial charge in [0, 0.05) is 20.0 Å². The molecule has 1 saturated heterocycles. The van der Waals surface area contributed by atoms with E-state index in [1.165, 1.54) is 20.1 Å². The van der Waals surface area contributed by atoms with Crippen LogP contribution >= 0.6 is 0 Å². The van der Waals surface area contributed by atoms with Crippen molar-refractivity contribution in [1.29, 1.82) is 0 Å². The highest BCUT2D eigenvalue weighted by Crippen LogP contribution is 2.35. The van der Waals surface area contributed by atoms with Crippen LogP contribution in [0.4, 0.5) is 18.9 Å². The number of cyclic esters (lactones) is 2.